The third-order valence-corrected chi connectivity index (χ3v) is 1.46. The summed E-state index contributed by atoms with van der Waals surface area (Å²) in [5, 5.41) is 0.448. The average molecular weight is 276 g/mol. The number of hydrogen-bond acceptors (Lipinski definition) is 6. The van der Waals surface area contributed by atoms with Gasteiger partial charge in [0.1, 0.15) is 11.2 Å². The minimum absolute atomic E-state index is 0.00150. The van der Waals surface area contributed by atoms with Gasteiger partial charge in [0.2, 0.25) is 0 Å². The standard InChI is InChI=1S/C12H24N2O5/c1-11(2,3)18-9(15)14(17-8-7-13)10(16)19-12(4,5)6/h7-8,13H2,1-6H3. The number of rotatable bonds is 3. The first-order valence-electron chi connectivity index (χ1n) is 6.05. The molecule has 0 spiro atoms. The van der Waals surface area contributed by atoms with Gasteiger partial charge in [0.25, 0.3) is 0 Å². The van der Waals surface area contributed by atoms with Crippen LogP contribution in [-0.2, 0) is 14.3 Å². The average Bonchev–Trinajstić information content (AvgIpc) is 2.12. The van der Waals surface area contributed by atoms with E-state index in [4.69, 9.17) is 20.0 Å². The number of hydrogen-bond donors (Lipinski definition) is 1. The molecule has 112 valence electrons. The molecule has 0 aromatic carbocycles. The monoisotopic (exact) mass is 276 g/mol. The van der Waals surface area contributed by atoms with E-state index in [2.05, 4.69) is 0 Å². The number of imide groups is 1. The van der Waals surface area contributed by atoms with E-state index in [-0.39, 0.29) is 13.2 Å². The normalized spacial score (nSPS) is 11.9. The van der Waals surface area contributed by atoms with Crippen molar-refractivity contribution in [3.05, 3.63) is 0 Å². The summed E-state index contributed by atoms with van der Waals surface area (Å²) in [5.41, 5.74) is 3.78. The third kappa shape index (κ3) is 8.39. The summed E-state index contributed by atoms with van der Waals surface area (Å²) >= 11 is 0. The fourth-order valence-electron chi connectivity index (χ4n) is 0.931. The SMILES string of the molecule is CC(C)(C)OC(=O)N(OCCN)C(=O)OC(C)(C)C. The zero-order valence-electron chi connectivity index (χ0n) is 12.5. The Morgan fingerprint density at radius 2 is 1.32 bits per heavy atom. The Hall–Kier alpha value is -1.34. The van der Waals surface area contributed by atoms with Crippen molar-refractivity contribution in [1.82, 2.24) is 5.06 Å². The summed E-state index contributed by atoms with van der Waals surface area (Å²) in [4.78, 5) is 28.6. The molecule has 0 aromatic rings. The highest BCUT2D eigenvalue weighted by Gasteiger charge is 2.32. The van der Waals surface area contributed by atoms with E-state index in [0.29, 0.717) is 5.06 Å². The van der Waals surface area contributed by atoms with Gasteiger partial charge in [0.05, 0.1) is 6.61 Å². The molecule has 0 fully saturated rings. The lowest BCUT2D eigenvalue weighted by molar-refractivity contribution is -0.136. The minimum atomic E-state index is -0.935. The Labute approximate surface area is 113 Å². The molecule has 0 aliphatic rings. The molecule has 0 heterocycles. The van der Waals surface area contributed by atoms with Crippen LogP contribution in [0.25, 0.3) is 0 Å². The quantitative estimate of drug-likeness (QED) is 0.793. The van der Waals surface area contributed by atoms with Gasteiger partial charge in [-0.15, -0.1) is 0 Å². The predicted molar refractivity (Wildman–Crippen MR) is 69.3 cm³/mol. The van der Waals surface area contributed by atoms with Crippen LogP contribution in [-0.4, -0.2) is 41.6 Å². The van der Waals surface area contributed by atoms with Crippen LogP contribution in [0.3, 0.4) is 0 Å². The number of amides is 2. The van der Waals surface area contributed by atoms with Gasteiger partial charge in [-0.3, -0.25) is 4.84 Å². The molecule has 0 aromatic heterocycles. The van der Waals surface area contributed by atoms with Gasteiger partial charge in [-0.05, 0) is 41.5 Å². The van der Waals surface area contributed by atoms with Crippen LogP contribution in [0.15, 0.2) is 0 Å². The maximum atomic E-state index is 11.8. The van der Waals surface area contributed by atoms with Crippen molar-refractivity contribution in [1.29, 1.82) is 0 Å². The van der Waals surface area contributed by atoms with Gasteiger partial charge in [-0.2, -0.15) is 0 Å². The maximum Gasteiger partial charge on any atom is 0.444 e. The van der Waals surface area contributed by atoms with Crippen molar-refractivity contribution >= 4 is 12.2 Å². The zero-order valence-corrected chi connectivity index (χ0v) is 12.5. The summed E-state index contributed by atoms with van der Waals surface area (Å²) < 4.78 is 10.1. The summed E-state index contributed by atoms with van der Waals surface area (Å²) in [6, 6.07) is 0. The Balaban J connectivity index is 4.80. The molecule has 0 saturated heterocycles. The molecule has 0 rings (SSSR count). The minimum Gasteiger partial charge on any atom is -0.442 e. The number of nitrogens with zero attached hydrogens (tertiary/aromatic N) is 1. The second kappa shape index (κ2) is 6.72. The van der Waals surface area contributed by atoms with Crippen molar-refractivity contribution < 1.29 is 23.9 Å². The lowest BCUT2D eigenvalue weighted by atomic mass is 10.2. The topological polar surface area (TPSA) is 91.1 Å². The van der Waals surface area contributed by atoms with Gasteiger partial charge in [-0.1, -0.05) is 5.06 Å². The molecule has 0 saturated carbocycles. The second-order valence-corrected chi connectivity index (χ2v) is 5.88. The molecule has 7 nitrogen and oxygen atoms in total. The molecule has 2 N–H and O–H groups in total. The van der Waals surface area contributed by atoms with Gasteiger partial charge < -0.3 is 15.2 Å². The molecule has 7 heteroatoms. The summed E-state index contributed by atoms with van der Waals surface area (Å²) in [7, 11) is 0. The fourth-order valence-corrected chi connectivity index (χ4v) is 0.931. The number of carbonyl (C=O) groups excluding carboxylic acids is 2. The summed E-state index contributed by atoms with van der Waals surface area (Å²) in [6.45, 7) is 10.2. The van der Waals surface area contributed by atoms with Crippen molar-refractivity contribution in [3.63, 3.8) is 0 Å². The van der Waals surface area contributed by atoms with Crippen molar-refractivity contribution in [2.24, 2.45) is 5.73 Å². The summed E-state index contributed by atoms with van der Waals surface area (Å²) in [5.74, 6) is 0. The molecular formula is C12H24N2O5. The van der Waals surface area contributed by atoms with Crippen molar-refractivity contribution in [2.75, 3.05) is 13.2 Å². The first kappa shape index (κ1) is 17.7. The van der Waals surface area contributed by atoms with Crippen molar-refractivity contribution in [2.45, 2.75) is 52.7 Å². The first-order valence-corrected chi connectivity index (χ1v) is 6.05. The Morgan fingerprint density at radius 1 is 0.947 bits per heavy atom. The molecule has 0 unspecified atom stereocenters. The molecule has 0 radical (unpaired) electrons. The lowest BCUT2D eigenvalue weighted by Crippen LogP contribution is -2.44. The molecule has 2 amide bonds. The van der Waals surface area contributed by atoms with Crippen molar-refractivity contribution in [3.8, 4) is 0 Å². The van der Waals surface area contributed by atoms with Crippen LogP contribution in [0, 0.1) is 0 Å². The lowest BCUT2D eigenvalue weighted by Gasteiger charge is -2.27. The Morgan fingerprint density at radius 3 is 1.58 bits per heavy atom. The zero-order chi connectivity index (χ0) is 15.3. The van der Waals surface area contributed by atoms with Gasteiger partial charge in [0, 0.05) is 6.54 Å². The van der Waals surface area contributed by atoms with Crippen LogP contribution in [0.1, 0.15) is 41.5 Å². The Kier molecular flexibility index (Phi) is 6.24. The number of nitrogens with two attached hydrogens (primary N) is 1. The molecule has 19 heavy (non-hydrogen) atoms. The molecule has 0 aliphatic heterocycles. The van der Waals surface area contributed by atoms with Crippen LogP contribution in [0.5, 0.6) is 0 Å². The van der Waals surface area contributed by atoms with E-state index in [1.807, 2.05) is 0 Å². The van der Waals surface area contributed by atoms with Gasteiger partial charge in [0.15, 0.2) is 0 Å². The number of carbonyl (C=O) groups is 2. The molecule has 0 aliphatic carbocycles. The number of ether oxygens (including phenoxy) is 2. The maximum absolute atomic E-state index is 11.8. The van der Waals surface area contributed by atoms with Crippen LogP contribution >= 0.6 is 0 Å². The first-order chi connectivity index (χ1) is 8.46. The van der Waals surface area contributed by atoms with E-state index >= 15 is 0 Å². The molecular weight excluding hydrogens is 252 g/mol. The smallest absolute Gasteiger partial charge is 0.442 e. The van der Waals surface area contributed by atoms with E-state index in [1.165, 1.54) is 0 Å². The van der Waals surface area contributed by atoms with E-state index < -0.39 is 23.4 Å². The Bertz CT molecular complexity index is 289. The second-order valence-electron chi connectivity index (χ2n) is 5.88. The van der Waals surface area contributed by atoms with Crippen LogP contribution in [0.2, 0.25) is 0 Å². The van der Waals surface area contributed by atoms with Crippen LogP contribution in [0.4, 0.5) is 9.59 Å². The van der Waals surface area contributed by atoms with E-state index in [1.54, 1.807) is 41.5 Å². The highest BCUT2D eigenvalue weighted by Crippen LogP contribution is 2.14. The van der Waals surface area contributed by atoms with E-state index in [9.17, 15) is 9.59 Å². The van der Waals surface area contributed by atoms with Gasteiger partial charge in [-0.25, -0.2) is 9.59 Å². The largest absolute Gasteiger partial charge is 0.444 e. The summed E-state index contributed by atoms with van der Waals surface area (Å²) in [6.07, 6.45) is -1.87. The fraction of sp³-hybridized carbons (Fsp3) is 0.833. The highest BCUT2D eigenvalue weighted by atomic mass is 16.8. The molecule has 0 bridgehead atoms. The third-order valence-electron chi connectivity index (χ3n) is 1.46. The molecule has 0 atom stereocenters. The van der Waals surface area contributed by atoms with Crippen LogP contribution < -0.4 is 5.73 Å². The predicted octanol–water partition coefficient (Wildman–Crippen LogP) is 2.05. The van der Waals surface area contributed by atoms with Gasteiger partial charge >= 0.3 is 12.2 Å². The van der Waals surface area contributed by atoms with E-state index in [0.717, 1.165) is 0 Å². The number of hydroxylamine groups is 2. The highest BCUT2D eigenvalue weighted by molar-refractivity contribution is 5.86.